The molecule has 2 aliphatic rings. The standard InChI is InChI=1S/C19H26N2O3/c1-20-19(24)15-4-2-3-12(9-15)5-8-17(23)21-18-14-7-6-13(10-14)16(18)11-22/h2-4,9,13-14,16,18,22H,5-8,10-11H2,1H3,(H,20,24)(H,21,23). The highest BCUT2D eigenvalue weighted by Gasteiger charge is 2.47. The highest BCUT2D eigenvalue weighted by atomic mass is 16.3. The van der Waals surface area contributed by atoms with E-state index in [4.69, 9.17) is 0 Å². The number of nitrogens with one attached hydrogen (secondary N) is 2. The van der Waals surface area contributed by atoms with Gasteiger partial charge in [0.25, 0.3) is 5.91 Å². The molecule has 2 fully saturated rings. The lowest BCUT2D eigenvalue weighted by Crippen LogP contribution is -2.45. The molecular weight excluding hydrogens is 304 g/mol. The topological polar surface area (TPSA) is 78.4 Å². The van der Waals surface area contributed by atoms with Crippen LogP contribution in [0.3, 0.4) is 0 Å². The molecule has 4 unspecified atom stereocenters. The Hall–Kier alpha value is -1.88. The Morgan fingerprint density at radius 3 is 2.79 bits per heavy atom. The van der Waals surface area contributed by atoms with Gasteiger partial charge in [-0.1, -0.05) is 12.1 Å². The van der Waals surface area contributed by atoms with Crippen LogP contribution in [-0.2, 0) is 11.2 Å². The molecule has 24 heavy (non-hydrogen) atoms. The van der Waals surface area contributed by atoms with Gasteiger partial charge >= 0.3 is 0 Å². The molecule has 0 heterocycles. The first-order valence-electron chi connectivity index (χ1n) is 8.83. The quantitative estimate of drug-likeness (QED) is 0.740. The minimum absolute atomic E-state index is 0.0383. The van der Waals surface area contributed by atoms with Gasteiger partial charge in [0, 0.05) is 37.6 Å². The molecule has 0 saturated heterocycles. The van der Waals surface area contributed by atoms with E-state index in [0.29, 0.717) is 30.2 Å². The fourth-order valence-electron chi connectivity index (χ4n) is 4.43. The summed E-state index contributed by atoms with van der Waals surface area (Å²) < 4.78 is 0. The molecule has 3 rings (SSSR count). The van der Waals surface area contributed by atoms with Gasteiger partial charge in [-0.3, -0.25) is 9.59 Å². The second-order valence-electron chi connectivity index (χ2n) is 7.05. The third-order valence-electron chi connectivity index (χ3n) is 5.68. The van der Waals surface area contributed by atoms with Crippen molar-refractivity contribution >= 4 is 11.8 Å². The molecule has 0 aliphatic heterocycles. The second kappa shape index (κ2) is 7.34. The largest absolute Gasteiger partial charge is 0.396 e. The summed E-state index contributed by atoms with van der Waals surface area (Å²) in [7, 11) is 1.61. The van der Waals surface area contributed by atoms with Gasteiger partial charge in [-0.05, 0) is 55.2 Å². The lowest BCUT2D eigenvalue weighted by molar-refractivity contribution is -0.122. The van der Waals surface area contributed by atoms with Crippen molar-refractivity contribution in [2.45, 2.75) is 38.1 Å². The monoisotopic (exact) mass is 330 g/mol. The summed E-state index contributed by atoms with van der Waals surface area (Å²) in [5.41, 5.74) is 1.60. The number of carbonyl (C=O) groups is 2. The number of benzene rings is 1. The Kier molecular flexibility index (Phi) is 5.19. The summed E-state index contributed by atoms with van der Waals surface area (Å²) in [6, 6.07) is 7.52. The first-order chi connectivity index (χ1) is 11.6. The van der Waals surface area contributed by atoms with Gasteiger partial charge in [-0.2, -0.15) is 0 Å². The van der Waals surface area contributed by atoms with Crippen LogP contribution in [0.5, 0.6) is 0 Å². The van der Waals surface area contributed by atoms with E-state index in [9.17, 15) is 14.7 Å². The van der Waals surface area contributed by atoms with E-state index in [1.165, 1.54) is 12.8 Å². The summed E-state index contributed by atoms with van der Waals surface area (Å²) in [5.74, 6) is 1.26. The number of hydrogen-bond donors (Lipinski definition) is 3. The predicted molar refractivity (Wildman–Crippen MR) is 91.5 cm³/mol. The lowest BCUT2D eigenvalue weighted by Gasteiger charge is -2.30. The average Bonchev–Trinajstić information content (AvgIpc) is 3.21. The predicted octanol–water partition coefficient (Wildman–Crippen LogP) is 1.50. The van der Waals surface area contributed by atoms with E-state index in [0.717, 1.165) is 12.0 Å². The Balaban J connectivity index is 1.53. The maximum atomic E-state index is 12.3. The van der Waals surface area contributed by atoms with Gasteiger partial charge in [-0.15, -0.1) is 0 Å². The maximum absolute atomic E-state index is 12.3. The molecule has 1 aromatic rings. The summed E-state index contributed by atoms with van der Waals surface area (Å²) in [4.78, 5) is 24.0. The van der Waals surface area contributed by atoms with E-state index in [2.05, 4.69) is 10.6 Å². The number of hydrogen-bond acceptors (Lipinski definition) is 3. The summed E-state index contributed by atoms with van der Waals surface area (Å²) >= 11 is 0. The molecule has 4 atom stereocenters. The van der Waals surface area contributed by atoms with Crippen LogP contribution in [0.15, 0.2) is 24.3 Å². The van der Waals surface area contributed by atoms with Crippen LogP contribution < -0.4 is 10.6 Å². The number of aliphatic hydroxyl groups excluding tert-OH is 1. The molecule has 0 radical (unpaired) electrons. The van der Waals surface area contributed by atoms with E-state index >= 15 is 0 Å². The molecule has 0 spiro atoms. The Bertz CT molecular complexity index is 616. The SMILES string of the molecule is CNC(=O)c1cccc(CCC(=O)NC2C3CCC(C3)C2CO)c1. The molecule has 2 aliphatic carbocycles. The Morgan fingerprint density at radius 2 is 2.04 bits per heavy atom. The van der Waals surface area contributed by atoms with Crippen LogP contribution in [0.1, 0.15) is 41.6 Å². The fourth-order valence-corrected chi connectivity index (χ4v) is 4.43. The molecule has 3 N–H and O–H groups in total. The molecular formula is C19H26N2O3. The van der Waals surface area contributed by atoms with Gasteiger partial charge in [-0.25, -0.2) is 0 Å². The molecule has 2 amide bonds. The minimum Gasteiger partial charge on any atom is -0.396 e. The zero-order chi connectivity index (χ0) is 17.1. The minimum atomic E-state index is -0.117. The van der Waals surface area contributed by atoms with Crippen molar-refractivity contribution in [2.24, 2.45) is 17.8 Å². The van der Waals surface area contributed by atoms with Crippen LogP contribution in [0.4, 0.5) is 0 Å². The molecule has 2 bridgehead atoms. The van der Waals surface area contributed by atoms with Gasteiger partial charge in [0.05, 0.1) is 0 Å². The van der Waals surface area contributed by atoms with E-state index in [1.807, 2.05) is 18.2 Å². The molecule has 1 aromatic carbocycles. The summed E-state index contributed by atoms with van der Waals surface area (Å²) in [6.45, 7) is 0.167. The Labute approximate surface area is 142 Å². The van der Waals surface area contributed by atoms with Gasteiger partial charge in [0.15, 0.2) is 0 Å². The number of amides is 2. The third kappa shape index (κ3) is 3.46. The van der Waals surface area contributed by atoms with Crippen LogP contribution in [0.2, 0.25) is 0 Å². The first-order valence-corrected chi connectivity index (χ1v) is 8.83. The molecule has 0 aromatic heterocycles. The third-order valence-corrected chi connectivity index (χ3v) is 5.68. The Morgan fingerprint density at radius 1 is 1.25 bits per heavy atom. The maximum Gasteiger partial charge on any atom is 0.251 e. The van der Waals surface area contributed by atoms with Gasteiger partial charge < -0.3 is 15.7 Å². The smallest absolute Gasteiger partial charge is 0.251 e. The normalized spacial score (nSPS) is 27.9. The lowest BCUT2D eigenvalue weighted by atomic mass is 9.85. The van der Waals surface area contributed by atoms with E-state index < -0.39 is 0 Å². The van der Waals surface area contributed by atoms with Crippen molar-refractivity contribution in [3.05, 3.63) is 35.4 Å². The number of fused-ring (bicyclic) bond motifs is 2. The highest BCUT2D eigenvalue weighted by molar-refractivity contribution is 5.94. The number of rotatable bonds is 6. The van der Waals surface area contributed by atoms with Crippen molar-refractivity contribution < 1.29 is 14.7 Å². The van der Waals surface area contributed by atoms with E-state index in [-0.39, 0.29) is 30.4 Å². The van der Waals surface area contributed by atoms with Crippen molar-refractivity contribution in [1.82, 2.24) is 10.6 Å². The van der Waals surface area contributed by atoms with Crippen LogP contribution in [0.25, 0.3) is 0 Å². The van der Waals surface area contributed by atoms with Gasteiger partial charge in [0.1, 0.15) is 0 Å². The van der Waals surface area contributed by atoms with E-state index in [1.54, 1.807) is 13.1 Å². The zero-order valence-corrected chi connectivity index (χ0v) is 14.1. The molecule has 130 valence electrons. The fraction of sp³-hybridized carbons (Fsp3) is 0.579. The van der Waals surface area contributed by atoms with Crippen LogP contribution in [-0.4, -0.2) is 36.6 Å². The van der Waals surface area contributed by atoms with Crippen molar-refractivity contribution in [3.63, 3.8) is 0 Å². The average molecular weight is 330 g/mol. The number of aliphatic hydroxyl groups is 1. The van der Waals surface area contributed by atoms with Crippen molar-refractivity contribution in [1.29, 1.82) is 0 Å². The number of carbonyl (C=O) groups excluding carboxylic acids is 2. The van der Waals surface area contributed by atoms with Crippen LogP contribution >= 0.6 is 0 Å². The van der Waals surface area contributed by atoms with Crippen LogP contribution in [0, 0.1) is 17.8 Å². The summed E-state index contributed by atoms with van der Waals surface area (Å²) in [6.07, 6.45) is 4.52. The first kappa shape index (κ1) is 17.0. The second-order valence-corrected chi connectivity index (χ2v) is 7.05. The molecule has 5 heteroatoms. The number of aryl methyl sites for hydroxylation is 1. The zero-order valence-electron chi connectivity index (χ0n) is 14.1. The molecule has 5 nitrogen and oxygen atoms in total. The van der Waals surface area contributed by atoms with Gasteiger partial charge in [0.2, 0.25) is 5.91 Å². The summed E-state index contributed by atoms with van der Waals surface area (Å²) in [5, 5.41) is 15.4. The highest BCUT2D eigenvalue weighted by Crippen LogP contribution is 2.48. The van der Waals surface area contributed by atoms with Crippen molar-refractivity contribution in [3.8, 4) is 0 Å². The van der Waals surface area contributed by atoms with Crippen molar-refractivity contribution in [2.75, 3.05) is 13.7 Å². The molecule has 2 saturated carbocycles.